The highest BCUT2D eigenvalue weighted by molar-refractivity contribution is 7.44. The van der Waals surface area contributed by atoms with Crippen LogP contribution in [0.25, 0.3) is 28.0 Å². The van der Waals surface area contributed by atoms with Gasteiger partial charge in [-0.15, -0.1) is 0 Å². The van der Waals surface area contributed by atoms with Gasteiger partial charge >= 0.3 is 0 Å². The molecule has 0 aliphatic carbocycles. The molecule has 330 valence electrons. The van der Waals surface area contributed by atoms with Crippen LogP contribution < -0.4 is 15.0 Å². The average Bonchev–Trinajstić information content (AvgIpc) is 3.63. The Bertz CT molecular complexity index is 2360. The second kappa shape index (κ2) is 19.1. The van der Waals surface area contributed by atoms with Crippen LogP contribution in [-0.2, 0) is 32.1 Å². The van der Waals surface area contributed by atoms with Gasteiger partial charge in [0.1, 0.15) is 23.0 Å². The molecule has 3 atom stereocenters. The molecule has 0 bridgehead atoms. The maximum absolute atomic E-state index is 13.4. The minimum absolute atomic E-state index is 0.0911. The number of hydrogen-bond donors (Lipinski definition) is 2. The van der Waals surface area contributed by atoms with E-state index in [2.05, 4.69) is 92.0 Å². The van der Waals surface area contributed by atoms with E-state index in [-0.39, 0.29) is 24.1 Å². The Balaban J connectivity index is 1.000. The molecule has 0 saturated heterocycles. The number of nitrogens with one attached hydrogen (secondary N) is 2. The van der Waals surface area contributed by atoms with E-state index in [1.54, 1.807) is 4.90 Å². The maximum Gasteiger partial charge on any atom is 0.259 e. The van der Waals surface area contributed by atoms with Gasteiger partial charge in [-0.05, 0) is 109 Å². The van der Waals surface area contributed by atoms with Gasteiger partial charge in [0.05, 0.1) is 25.7 Å². The summed E-state index contributed by atoms with van der Waals surface area (Å²) in [5.41, 5.74) is 10.1. The largest absolute Gasteiger partial charge is 0.485 e. The fraction of sp³-hybridized carbons (Fsp3) is 0.540. The topological polar surface area (TPSA) is 127 Å². The van der Waals surface area contributed by atoms with Crippen LogP contribution in [0.2, 0.25) is 0 Å². The van der Waals surface area contributed by atoms with Crippen molar-refractivity contribution in [1.29, 1.82) is 10.7 Å². The first-order valence-corrected chi connectivity index (χ1v) is 24.2. The van der Waals surface area contributed by atoms with Gasteiger partial charge in [0.25, 0.3) is 8.53 Å². The summed E-state index contributed by atoms with van der Waals surface area (Å²) in [5.74, 6) is 1.12. The number of carbonyl (C=O) groups excluding carboxylic acids is 1. The van der Waals surface area contributed by atoms with Crippen molar-refractivity contribution in [3.05, 3.63) is 70.3 Å². The van der Waals surface area contributed by atoms with E-state index in [4.69, 9.17) is 23.5 Å². The van der Waals surface area contributed by atoms with E-state index < -0.39 is 13.9 Å². The van der Waals surface area contributed by atoms with Crippen molar-refractivity contribution >= 4 is 59.5 Å². The predicted molar refractivity (Wildman–Crippen MR) is 251 cm³/mol. The van der Waals surface area contributed by atoms with Crippen molar-refractivity contribution in [2.45, 2.75) is 129 Å². The molecule has 3 aromatic carbocycles. The Morgan fingerprint density at radius 1 is 1.03 bits per heavy atom. The zero-order chi connectivity index (χ0) is 43.5. The molecule has 2 N–H and O–H groups in total. The number of rotatable bonds is 16. The van der Waals surface area contributed by atoms with Gasteiger partial charge in [-0.1, -0.05) is 31.0 Å². The summed E-state index contributed by atoms with van der Waals surface area (Å²) in [5, 5.41) is 25.2. The van der Waals surface area contributed by atoms with Crippen LogP contribution in [0.5, 0.6) is 5.75 Å². The molecular formula is C50H65N6O5P. The summed E-state index contributed by atoms with van der Waals surface area (Å²) in [6.07, 6.45) is 11.2. The number of aryl methyl sites for hydroxylation is 1. The summed E-state index contributed by atoms with van der Waals surface area (Å²) >= 11 is 0. The number of carbonyl (C=O) groups is 1. The van der Waals surface area contributed by atoms with Crippen molar-refractivity contribution in [2.75, 3.05) is 56.7 Å². The minimum Gasteiger partial charge on any atom is -0.485 e. The molecule has 1 aromatic heterocycles. The highest BCUT2D eigenvalue weighted by Crippen LogP contribution is 2.49. The number of anilines is 2. The molecule has 4 aliphatic heterocycles. The van der Waals surface area contributed by atoms with Crippen molar-refractivity contribution in [2.24, 2.45) is 0 Å². The van der Waals surface area contributed by atoms with Gasteiger partial charge in [0.2, 0.25) is 5.91 Å². The number of furan rings is 1. The monoisotopic (exact) mass is 860 g/mol. The molecule has 12 heteroatoms. The van der Waals surface area contributed by atoms with Gasteiger partial charge < -0.3 is 38.7 Å². The average molecular weight is 861 g/mol. The van der Waals surface area contributed by atoms with Crippen LogP contribution in [0.15, 0.2) is 52.5 Å². The summed E-state index contributed by atoms with van der Waals surface area (Å²) in [7, 11) is 0.486. The van der Waals surface area contributed by atoms with Gasteiger partial charge in [-0.3, -0.25) is 4.79 Å². The molecule has 0 radical (unpaired) electrons. The summed E-state index contributed by atoms with van der Waals surface area (Å²) in [4.78, 5) is 17.7. The number of amides is 1. The Morgan fingerprint density at radius 2 is 1.81 bits per heavy atom. The van der Waals surface area contributed by atoms with Crippen LogP contribution in [-0.4, -0.2) is 85.8 Å². The Hall–Kier alpha value is -4.46. The molecule has 0 fully saturated rings. The van der Waals surface area contributed by atoms with Gasteiger partial charge in [0, 0.05) is 114 Å². The SMILES string of the molecule is CC(C)N(C(C)C)P(OCCC#N)OCCN(C)C(=O)CCCCCC1(C)C(=N)C2=Cc3cc4c5c(c3OC2CCNc2cc3oc6ccccc6c3cc21)CCCN5CCC4. The lowest BCUT2D eigenvalue weighted by molar-refractivity contribution is -0.130. The number of benzene rings is 3. The molecule has 5 heterocycles. The van der Waals surface area contributed by atoms with E-state index in [0.29, 0.717) is 44.9 Å². The quantitative estimate of drug-likeness (QED) is 0.0836. The molecule has 0 saturated carbocycles. The molecular weight excluding hydrogens is 796 g/mol. The molecule has 11 nitrogen and oxygen atoms in total. The molecule has 3 unspecified atom stereocenters. The number of hydrogen-bond acceptors (Lipinski definition) is 10. The van der Waals surface area contributed by atoms with E-state index >= 15 is 0 Å². The summed E-state index contributed by atoms with van der Waals surface area (Å²) in [6, 6.07) is 17.6. The predicted octanol–water partition coefficient (Wildman–Crippen LogP) is 10.9. The van der Waals surface area contributed by atoms with Crippen LogP contribution >= 0.6 is 8.53 Å². The first kappa shape index (κ1) is 44.2. The lowest BCUT2D eigenvalue weighted by Gasteiger charge is -2.40. The third-order valence-corrected chi connectivity index (χ3v) is 15.5. The number of para-hydroxylation sites is 1. The van der Waals surface area contributed by atoms with Crippen LogP contribution in [0.1, 0.15) is 115 Å². The van der Waals surface area contributed by atoms with Crippen LogP contribution in [0, 0.1) is 16.7 Å². The molecule has 4 aliphatic rings. The normalized spacial score (nSPS) is 20.0. The number of nitrogens with zero attached hydrogens (tertiary/aromatic N) is 4. The summed E-state index contributed by atoms with van der Waals surface area (Å²) in [6.45, 7) is 14.8. The maximum atomic E-state index is 13.4. The molecule has 8 rings (SSSR count). The number of ether oxygens (including phenoxy) is 1. The van der Waals surface area contributed by atoms with Crippen molar-refractivity contribution in [3.8, 4) is 11.8 Å². The van der Waals surface area contributed by atoms with E-state index in [1.807, 2.05) is 19.2 Å². The van der Waals surface area contributed by atoms with Gasteiger partial charge in [0.15, 0.2) is 0 Å². The van der Waals surface area contributed by atoms with Gasteiger partial charge in [-0.25, -0.2) is 4.67 Å². The lowest BCUT2D eigenvalue weighted by atomic mass is 9.69. The second-order valence-electron chi connectivity index (χ2n) is 18.4. The first-order chi connectivity index (χ1) is 30.0. The Labute approximate surface area is 369 Å². The van der Waals surface area contributed by atoms with E-state index in [1.165, 1.54) is 23.2 Å². The third-order valence-electron chi connectivity index (χ3n) is 13.4. The molecule has 0 spiro atoms. The lowest BCUT2D eigenvalue weighted by Crippen LogP contribution is -2.40. The highest BCUT2D eigenvalue weighted by Gasteiger charge is 2.42. The third kappa shape index (κ3) is 8.86. The summed E-state index contributed by atoms with van der Waals surface area (Å²) < 4.78 is 28.0. The second-order valence-corrected chi connectivity index (χ2v) is 19.8. The zero-order valence-corrected chi connectivity index (χ0v) is 38.5. The molecule has 4 aromatic rings. The van der Waals surface area contributed by atoms with Crippen LogP contribution in [0.4, 0.5) is 11.4 Å². The number of likely N-dealkylation sites (N-methyl/N-ethyl adjacent to an activating group) is 1. The number of nitriles is 1. The minimum atomic E-state index is -1.35. The fourth-order valence-corrected chi connectivity index (χ4v) is 11.8. The standard InChI is InChI=1S/C50H65N6O5P/c1-33(2)56(34(3)4)62(58-27-14-22-51)59-28-26-54(6)46(57)19-8-7-11-21-50(5)41-31-39-37-16-9-10-18-43(37)60-45(39)32-42(41)53-23-20-44-40(49(50)52)30-36-29-35-15-12-24-55-25-13-17-38(47(35)55)48(36)61-44/h9-10,16,18,29-34,44,52-53H,7-8,11-15,17,19-21,23-28H2,1-6H3. The van der Waals surface area contributed by atoms with Crippen molar-refractivity contribution < 1.29 is 23.0 Å². The fourth-order valence-electron chi connectivity index (χ4n) is 10.3. The van der Waals surface area contributed by atoms with Crippen LogP contribution in [0.3, 0.4) is 0 Å². The van der Waals surface area contributed by atoms with E-state index in [0.717, 1.165) is 115 Å². The highest BCUT2D eigenvalue weighted by atomic mass is 31.2. The van der Waals surface area contributed by atoms with Crippen molar-refractivity contribution in [3.63, 3.8) is 0 Å². The van der Waals surface area contributed by atoms with E-state index in [9.17, 15) is 10.2 Å². The number of unbranched alkanes of at least 4 members (excludes halogenated alkanes) is 2. The smallest absolute Gasteiger partial charge is 0.259 e. The van der Waals surface area contributed by atoms with Gasteiger partial charge in [-0.2, -0.15) is 5.26 Å². The zero-order valence-electron chi connectivity index (χ0n) is 37.6. The number of fused-ring (bicyclic) bond motifs is 7. The first-order valence-electron chi connectivity index (χ1n) is 23.0. The molecule has 1 amide bonds. The molecule has 62 heavy (non-hydrogen) atoms. The Kier molecular flexibility index (Phi) is 13.6. The Morgan fingerprint density at radius 3 is 2.60 bits per heavy atom. The van der Waals surface area contributed by atoms with Crippen molar-refractivity contribution in [1.82, 2.24) is 9.57 Å².